The molecule has 0 bridgehead atoms. The fourth-order valence-electron chi connectivity index (χ4n) is 4.24. The molecule has 0 aromatic heterocycles. The number of hydrogen-bond acceptors (Lipinski definition) is 4. The predicted molar refractivity (Wildman–Crippen MR) is 140 cm³/mol. The van der Waals surface area contributed by atoms with Crippen LogP contribution in [0.4, 0.5) is 10.1 Å². The van der Waals surface area contributed by atoms with Gasteiger partial charge in [0.25, 0.3) is 0 Å². The van der Waals surface area contributed by atoms with E-state index >= 15 is 0 Å². The van der Waals surface area contributed by atoms with Crippen LogP contribution in [0.3, 0.4) is 0 Å². The lowest BCUT2D eigenvalue weighted by atomic mass is 9.95. The van der Waals surface area contributed by atoms with Crippen LogP contribution in [-0.2, 0) is 26.2 Å². The van der Waals surface area contributed by atoms with Crippen LogP contribution in [-0.4, -0.2) is 50.0 Å². The maximum atomic E-state index is 14.5. The Morgan fingerprint density at radius 2 is 1.75 bits per heavy atom. The van der Waals surface area contributed by atoms with Gasteiger partial charge in [0.15, 0.2) is 0 Å². The Kier molecular flexibility index (Phi) is 9.60. The molecule has 11 heteroatoms. The molecule has 1 aliphatic carbocycles. The molecule has 1 N–H and O–H groups in total. The molecule has 1 atom stereocenters. The van der Waals surface area contributed by atoms with E-state index in [1.807, 2.05) is 0 Å². The molecule has 0 radical (unpaired) electrons. The van der Waals surface area contributed by atoms with E-state index in [-0.39, 0.29) is 39.8 Å². The lowest BCUT2D eigenvalue weighted by Crippen LogP contribution is -2.53. The van der Waals surface area contributed by atoms with Gasteiger partial charge in [-0.25, -0.2) is 12.8 Å². The third-order valence-electron chi connectivity index (χ3n) is 6.30. The fraction of sp³-hybridized carbons (Fsp3) is 0.440. The van der Waals surface area contributed by atoms with Crippen molar-refractivity contribution in [3.63, 3.8) is 0 Å². The first-order valence-corrected chi connectivity index (χ1v) is 14.3. The normalized spacial score (nSPS) is 15.2. The number of nitrogens with one attached hydrogen (secondary N) is 1. The van der Waals surface area contributed by atoms with Crippen molar-refractivity contribution >= 4 is 50.7 Å². The van der Waals surface area contributed by atoms with Gasteiger partial charge in [0.1, 0.15) is 18.4 Å². The van der Waals surface area contributed by atoms with Crippen molar-refractivity contribution in [3.8, 4) is 0 Å². The highest BCUT2D eigenvalue weighted by molar-refractivity contribution is 7.92. The first-order valence-electron chi connectivity index (χ1n) is 11.7. The molecule has 1 fully saturated rings. The van der Waals surface area contributed by atoms with Crippen LogP contribution in [0.1, 0.15) is 44.6 Å². The molecule has 1 aliphatic rings. The average molecular weight is 559 g/mol. The van der Waals surface area contributed by atoms with E-state index in [0.717, 1.165) is 42.7 Å². The zero-order valence-electron chi connectivity index (χ0n) is 20.2. The van der Waals surface area contributed by atoms with Gasteiger partial charge in [0.05, 0.1) is 22.0 Å². The third-order valence-corrected chi connectivity index (χ3v) is 8.23. The maximum absolute atomic E-state index is 14.5. The lowest BCUT2D eigenvalue weighted by Gasteiger charge is -2.33. The molecular formula is C25H30Cl2FN3O4S. The molecule has 0 heterocycles. The molecular weight excluding hydrogens is 528 g/mol. The standard InChI is InChI=1S/C25H30Cl2FN3O4S/c1-17(25(33)29-19-10-4-3-5-11-19)30(15-18-9-6-7-13-21(18)28)23(32)16-31(36(2,34)35)22-14-8-12-20(26)24(22)27/h6-9,12-14,17,19H,3-5,10-11,15-16H2,1-2H3,(H,29,33)/t17-/m0/s1. The fourth-order valence-corrected chi connectivity index (χ4v) is 5.54. The molecule has 0 spiro atoms. The third kappa shape index (κ3) is 7.11. The molecule has 2 aromatic rings. The second kappa shape index (κ2) is 12.3. The highest BCUT2D eigenvalue weighted by Gasteiger charge is 2.32. The second-order valence-corrected chi connectivity index (χ2v) is 11.7. The Morgan fingerprint density at radius 3 is 2.39 bits per heavy atom. The van der Waals surface area contributed by atoms with Crippen molar-refractivity contribution < 1.29 is 22.4 Å². The number of amides is 2. The minimum atomic E-state index is -3.97. The molecule has 36 heavy (non-hydrogen) atoms. The molecule has 7 nitrogen and oxygen atoms in total. The van der Waals surface area contributed by atoms with Crippen LogP contribution < -0.4 is 9.62 Å². The van der Waals surface area contributed by atoms with E-state index in [4.69, 9.17) is 23.2 Å². The zero-order valence-corrected chi connectivity index (χ0v) is 22.5. The van der Waals surface area contributed by atoms with E-state index in [9.17, 15) is 22.4 Å². The van der Waals surface area contributed by atoms with E-state index in [2.05, 4.69) is 5.32 Å². The Morgan fingerprint density at radius 1 is 1.08 bits per heavy atom. The van der Waals surface area contributed by atoms with Gasteiger partial charge < -0.3 is 10.2 Å². The van der Waals surface area contributed by atoms with Crippen LogP contribution in [0, 0.1) is 5.82 Å². The number of nitrogens with zero attached hydrogens (tertiary/aromatic N) is 2. The summed E-state index contributed by atoms with van der Waals surface area (Å²) in [6.45, 7) is 0.689. The largest absolute Gasteiger partial charge is 0.352 e. The summed E-state index contributed by atoms with van der Waals surface area (Å²) in [4.78, 5) is 27.9. The number of sulfonamides is 1. The molecule has 0 saturated heterocycles. The van der Waals surface area contributed by atoms with E-state index in [0.29, 0.717) is 0 Å². The Bertz CT molecular complexity index is 1210. The number of benzene rings is 2. The van der Waals surface area contributed by atoms with Crippen molar-refractivity contribution in [1.82, 2.24) is 10.2 Å². The highest BCUT2D eigenvalue weighted by Crippen LogP contribution is 2.33. The van der Waals surface area contributed by atoms with Gasteiger partial charge in [-0.1, -0.05) is 66.7 Å². The van der Waals surface area contributed by atoms with Gasteiger partial charge in [-0.05, 0) is 38.0 Å². The molecule has 0 unspecified atom stereocenters. The quantitative estimate of drug-likeness (QED) is 0.481. The van der Waals surface area contributed by atoms with Crippen molar-refractivity contribution in [3.05, 3.63) is 63.9 Å². The minimum Gasteiger partial charge on any atom is -0.352 e. The summed E-state index contributed by atoms with van der Waals surface area (Å²) in [5.74, 6) is -1.60. The van der Waals surface area contributed by atoms with E-state index in [1.54, 1.807) is 13.0 Å². The van der Waals surface area contributed by atoms with Crippen LogP contribution in [0.15, 0.2) is 42.5 Å². The van der Waals surface area contributed by atoms with E-state index < -0.39 is 34.3 Å². The second-order valence-electron chi connectivity index (χ2n) is 8.98. The molecule has 0 aliphatic heterocycles. The van der Waals surface area contributed by atoms with Crippen LogP contribution in [0.25, 0.3) is 0 Å². The Hall–Kier alpha value is -2.36. The molecule has 196 valence electrons. The molecule has 2 aromatic carbocycles. The molecule has 3 rings (SSSR count). The first-order chi connectivity index (χ1) is 17.0. The number of halogens is 3. The van der Waals surface area contributed by atoms with E-state index in [1.165, 1.54) is 41.3 Å². The van der Waals surface area contributed by atoms with Crippen LogP contribution in [0.5, 0.6) is 0 Å². The molecule has 1 saturated carbocycles. The minimum absolute atomic E-state index is 0.0110. The van der Waals surface area contributed by atoms with Gasteiger partial charge >= 0.3 is 0 Å². The smallest absolute Gasteiger partial charge is 0.244 e. The number of carbonyl (C=O) groups excluding carboxylic acids is 2. The van der Waals surface area contributed by atoms with Gasteiger partial charge in [-0.3, -0.25) is 13.9 Å². The maximum Gasteiger partial charge on any atom is 0.244 e. The first kappa shape index (κ1) is 28.2. The number of rotatable bonds is 9. The van der Waals surface area contributed by atoms with Gasteiger partial charge in [-0.2, -0.15) is 0 Å². The zero-order chi connectivity index (χ0) is 26.5. The van der Waals surface area contributed by atoms with Crippen LogP contribution >= 0.6 is 23.2 Å². The van der Waals surface area contributed by atoms with Crippen molar-refractivity contribution in [2.75, 3.05) is 17.1 Å². The van der Waals surface area contributed by atoms with Gasteiger partial charge in [0, 0.05) is 18.2 Å². The van der Waals surface area contributed by atoms with Crippen molar-refractivity contribution in [2.45, 2.75) is 57.7 Å². The predicted octanol–water partition coefficient (Wildman–Crippen LogP) is 4.76. The molecule has 2 amide bonds. The lowest BCUT2D eigenvalue weighted by molar-refractivity contribution is -0.139. The van der Waals surface area contributed by atoms with Gasteiger partial charge in [-0.15, -0.1) is 0 Å². The monoisotopic (exact) mass is 557 g/mol. The number of hydrogen-bond donors (Lipinski definition) is 1. The summed E-state index contributed by atoms with van der Waals surface area (Å²) >= 11 is 12.3. The Balaban J connectivity index is 1.91. The van der Waals surface area contributed by atoms with Gasteiger partial charge in [0.2, 0.25) is 21.8 Å². The average Bonchev–Trinajstić information content (AvgIpc) is 2.83. The van der Waals surface area contributed by atoms with Crippen LogP contribution in [0.2, 0.25) is 10.0 Å². The summed E-state index contributed by atoms with van der Waals surface area (Å²) < 4.78 is 40.6. The SMILES string of the molecule is C[C@@H](C(=O)NC1CCCCC1)N(Cc1ccccc1F)C(=O)CN(c1cccc(Cl)c1Cl)S(C)(=O)=O. The summed E-state index contributed by atoms with van der Waals surface area (Å²) in [6, 6.07) is 9.42. The number of carbonyl (C=O) groups is 2. The van der Waals surface area contributed by atoms with Crippen molar-refractivity contribution in [1.29, 1.82) is 0 Å². The topological polar surface area (TPSA) is 86.8 Å². The summed E-state index contributed by atoms with van der Waals surface area (Å²) in [6.07, 6.45) is 5.80. The summed E-state index contributed by atoms with van der Waals surface area (Å²) in [7, 11) is -3.97. The Labute approximate surface area is 221 Å². The highest BCUT2D eigenvalue weighted by atomic mass is 35.5. The summed E-state index contributed by atoms with van der Waals surface area (Å²) in [5, 5.41) is 3.09. The summed E-state index contributed by atoms with van der Waals surface area (Å²) in [5.41, 5.74) is 0.236. The number of anilines is 1. The van der Waals surface area contributed by atoms with Crippen molar-refractivity contribution in [2.24, 2.45) is 0 Å².